The summed E-state index contributed by atoms with van der Waals surface area (Å²) < 4.78 is 10.9. The van der Waals surface area contributed by atoms with Crippen molar-refractivity contribution in [1.82, 2.24) is 19.9 Å². The van der Waals surface area contributed by atoms with Gasteiger partial charge in [-0.3, -0.25) is 4.98 Å². The molecule has 0 bridgehead atoms. The summed E-state index contributed by atoms with van der Waals surface area (Å²) in [6.45, 7) is 0. The molecule has 0 unspecified atom stereocenters. The number of nitrogens with one attached hydrogen (secondary N) is 2. The highest BCUT2D eigenvalue weighted by molar-refractivity contribution is 5.83. The number of nitrogens with zero attached hydrogens (tertiary/aromatic N) is 4. The van der Waals surface area contributed by atoms with E-state index < -0.39 is 0 Å². The molecule has 31 heavy (non-hydrogen) atoms. The molecule has 0 saturated heterocycles. The van der Waals surface area contributed by atoms with E-state index in [1.54, 1.807) is 25.7 Å². The van der Waals surface area contributed by atoms with Crippen LogP contribution in [0, 0.1) is 0 Å². The van der Waals surface area contributed by atoms with Crippen LogP contribution in [0.1, 0.15) is 0 Å². The van der Waals surface area contributed by atoms with Gasteiger partial charge in [-0.15, -0.1) is 0 Å². The molecule has 152 valence electrons. The van der Waals surface area contributed by atoms with E-state index in [0.717, 1.165) is 27.8 Å². The van der Waals surface area contributed by atoms with Gasteiger partial charge >= 0.3 is 0 Å². The number of ether oxygens (including phenoxy) is 1. The molecule has 0 atom stereocenters. The average Bonchev–Trinajstić information content (AvgIpc) is 3.34. The Balaban J connectivity index is 1.36. The highest BCUT2D eigenvalue weighted by atomic mass is 16.5. The lowest BCUT2D eigenvalue weighted by molar-refractivity contribution is 0.415. The van der Waals surface area contributed by atoms with Crippen LogP contribution in [0.2, 0.25) is 0 Å². The molecular weight excluding hydrogens is 392 g/mol. The van der Waals surface area contributed by atoms with Gasteiger partial charge in [0.05, 0.1) is 24.4 Å². The number of fused-ring (bicyclic) bond motifs is 1. The minimum Gasteiger partial charge on any atom is -0.496 e. The summed E-state index contributed by atoms with van der Waals surface area (Å²) in [5.74, 6) is 2.42. The summed E-state index contributed by atoms with van der Waals surface area (Å²) in [6.07, 6.45) is 6.51. The molecule has 0 fully saturated rings. The van der Waals surface area contributed by atoms with Gasteiger partial charge in [-0.25, -0.2) is 9.97 Å². The average molecular weight is 410 g/mol. The first-order valence-electron chi connectivity index (χ1n) is 9.57. The molecule has 3 aromatic heterocycles. The Bertz CT molecular complexity index is 1340. The van der Waals surface area contributed by atoms with Crippen molar-refractivity contribution in [2.24, 2.45) is 0 Å². The number of hydrogen-bond acceptors (Lipinski definition) is 8. The fourth-order valence-electron chi connectivity index (χ4n) is 3.24. The minimum atomic E-state index is 0.460. The van der Waals surface area contributed by atoms with Crippen molar-refractivity contribution >= 4 is 34.0 Å². The van der Waals surface area contributed by atoms with Crippen LogP contribution in [0.25, 0.3) is 22.2 Å². The van der Waals surface area contributed by atoms with Gasteiger partial charge in [-0.05, 0) is 42.5 Å². The maximum Gasteiger partial charge on any atom is 0.229 e. The van der Waals surface area contributed by atoms with Crippen LogP contribution in [0.5, 0.6) is 5.75 Å². The van der Waals surface area contributed by atoms with Crippen molar-refractivity contribution < 1.29 is 9.15 Å². The summed E-state index contributed by atoms with van der Waals surface area (Å²) in [5.41, 5.74) is 3.46. The smallest absolute Gasteiger partial charge is 0.229 e. The second-order valence-electron chi connectivity index (χ2n) is 6.71. The summed E-state index contributed by atoms with van der Waals surface area (Å²) in [5, 5.41) is 7.57. The van der Waals surface area contributed by atoms with Crippen LogP contribution in [0.4, 0.5) is 23.1 Å². The standard InChI is InChI=1S/C23H18N6O2/c1-30-20-12-17(4-6-18(20)21-13-24-14-31-21)28-23-26-10-8-22(29-23)27-16-5-7-19-15(11-16)3-2-9-25-19/h2-14H,1H3,(H2,26,27,28,29). The van der Waals surface area contributed by atoms with Crippen LogP contribution in [0.3, 0.4) is 0 Å². The molecule has 3 heterocycles. The van der Waals surface area contributed by atoms with E-state index in [0.29, 0.717) is 23.3 Å². The Hall–Kier alpha value is -4.46. The molecule has 5 aromatic rings. The third-order valence-electron chi connectivity index (χ3n) is 4.69. The van der Waals surface area contributed by atoms with Crippen LogP contribution in [-0.2, 0) is 0 Å². The van der Waals surface area contributed by atoms with Crippen LogP contribution in [0.15, 0.2) is 84.0 Å². The zero-order chi connectivity index (χ0) is 21.0. The number of aromatic nitrogens is 4. The first-order valence-corrected chi connectivity index (χ1v) is 9.57. The van der Waals surface area contributed by atoms with E-state index in [4.69, 9.17) is 9.15 Å². The fourth-order valence-corrected chi connectivity index (χ4v) is 3.24. The predicted octanol–water partition coefficient (Wildman–Crippen LogP) is 5.18. The zero-order valence-electron chi connectivity index (χ0n) is 16.6. The molecule has 8 heteroatoms. The lowest BCUT2D eigenvalue weighted by Crippen LogP contribution is -2.01. The van der Waals surface area contributed by atoms with Gasteiger partial charge in [0.2, 0.25) is 5.95 Å². The van der Waals surface area contributed by atoms with E-state index in [-0.39, 0.29) is 0 Å². The Morgan fingerprint density at radius 2 is 1.81 bits per heavy atom. The van der Waals surface area contributed by atoms with E-state index in [1.165, 1.54) is 6.39 Å². The highest BCUT2D eigenvalue weighted by Crippen LogP contribution is 2.33. The zero-order valence-corrected chi connectivity index (χ0v) is 16.6. The highest BCUT2D eigenvalue weighted by Gasteiger charge is 2.11. The second kappa shape index (κ2) is 8.11. The van der Waals surface area contributed by atoms with E-state index in [9.17, 15) is 0 Å². The van der Waals surface area contributed by atoms with Gasteiger partial charge in [-0.1, -0.05) is 6.07 Å². The summed E-state index contributed by atoms with van der Waals surface area (Å²) >= 11 is 0. The Kier molecular flexibility index (Phi) is 4.86. The molecule has 2 aromatic carbocycles. The number of benzene rings is 2. The molecule has 0 spiro atoms. The van der Waals surface area contributed by atoms with Crippen molar-refractivity contribution in [3.8, 4) is 17.1 Å². The minimum absolute atomic E-state index is 0.460. The van der Waals surface area contributed by atoms with Gasteiger partial charge in [0.25, 0.3) is 0 Å². The third-order valence-corrected chi connectivity index (χ3v) is 4.69. The lowest BCUT2D eigenvalue weighted by atomic mass is 10.1. The number of rotatable bonds is 6. The Labute approximate surface area is 178 Å². The van der Waals surface area contributed by atoms with Gasteiger partial charge in [0.15, 0.2) is 12.2 Å². The predicted molar refractivity (Wildman–Crippen MR) is 119 cm³/mol. The van der Waals surface area contributed by atoms with Gasteiger partial charge < -0.3 is 19.8 Å². The number of pyridine rings is 1. The molecule has 0 radical (unpaired) electrons. The van der Waals surface area contributed by atoms with Gasteiger partial charge in [-0.2, -0.15) is 4.98 Å². The summed E-state index contributed by atoms with van der Waals surface area (Å²) in [6, 6.07) is 17.4. The maximum absolute atomic E-state index is 5.50. The van der Waals surface area contributed by atoms with E-state index in [1.807, 2.05) is 54.6 Å². The third kappa shape index (κ3) is 3.99. The van der Waals surface area contributed by atoms with Crippen LogP contribution < -0.4 is 15.4 Å². The topological polar surface area (TPSA) is 98.0 Å². The summed E-state index contributed by atoms with van der Waals surface area (Å²) in [7, 11) is 1.61. The lowest BCUT2D eigenvalue weighted by Gasteiger charge is -2.11. The summed E-state index contributed by atoms with van der Waals surface area (Å²) in [4.78, 5) is 17.2. The normalized spacial score (nSPS) is 10.7. The molecule has 0 amide bonds. The SMILES string of the molecule is COc1cc(Nc2nccc(Nc3ccc4ncccc4c3)n2)ccc1-c1cnco1. The number of anilines is 4. The van der Waals surface area contributed by atoms with Gasteiger partial charge in [0.1, 0.15) is 11.6 Å². The quantitative estimate of drug-likeness (QED) is 0.395. The Morgan fingerprint density at radius 1 is 0.903 bits per heavy atom. The molecule has 0 aliphatic rings. The molecular formula is C23H18N6O2. The monoisotopic (exact) mass is 410 g/mol. The number of oxazole rings is 1. The molecule has 2 N–H and O–H groups in total. The first-order chi connectivity index (χ1) is 15.3. The van der Waals surface area contributed by atoms with Crippen molar-refractivity contribution in [3.63, 3.8) is 0 Å². The van der Waals surface area contributed by atoms with Crippen molar-refractivity contribution in [3.05, 3.63) is 79.6 Å². The first kappa shape index (κ1) is 18.6. The molecule has 0 aliphatic heterocycles. The van der Waals surface area contributed by atoms with Crippen molar-refractivity contribution in [2.45, 2.75) is 0 Å². The van der Waals surface area contributed by atoms with Crippen LogP contribution in [-0.4, -0.2) is 27.0 Å². The molecule has 0 saturated carbocycles. The number of methoxy groups -OCH3 is 1. The molecule has 8 nitrogen and oxygen atoms in total. The molecule has 5 rings (SSSR count). The maximum atomic E-state index is 5.50. The molecule has 0 aliphatic carbocycles. The Morgan fingerprint density at radius 3 is 2.68 bits per heavy atom. The van der Waals surface area contributed by atoms with Crippen molar-refractivity contribution in [1.29, 1.82) is 0 Å². The number of hydrogen-bond donors (Lipinski definition) is 2. The van der Waals surface area contributed by atoms with Crippen LogP contribution >= 0.6 is 0 Å². The van der Waals surface area contributed by atoms with Gasteiger partial charge in [0, 0.05) is 35.2 Å². The van der Waals surface area contributed by atoms with E-state index >= 15 is 0 Å². The largest absolute Gasteiger partial charge is 0.496 e. The van der Waals surface area contributed by atoms with E-state index in [2.05, 4.69) is 30.6 Å². The fraction of sp³-hybridized carbons (Fsp3) is 0.0435. The van der Waals surface area contributed by atoms with Crippen molar-refractivity contribution in [2.75, 3.05) is 17.7 Å². The second-order valence-corrected chi connectivity index (χ2v) is 6.71.